The van der Waals surface area contributed by atoms with Gasteiger partial charge in [-0.1, -0.05) is 13.8 Å². The predicted octanol–water partition coefficient (Wildman–Crippen LogP) is 0.250. The normalized spacial score (nSPS) is 17.3. The van der Waals surface area contributed by atoms with Crippen LogP contribution < -0.4 is 10.6 Å². The standard InChI is InChI=1S/C22H32N4O7/c1-14(2)19(26-22(30)33-9-8-32-7-6-31-3)18(27)11-15-10-16-12-23-13-25-17(16)4-5-24-21(29)20(15)28/h12-15,19H,4-11H2,1-3H3,(H,24,29)(H,26,30). The van der Waals surface area contributed by atoms with Gasteiger partial charge in [0.1, 0.15) is 12.9 Å². The molecule has 0 bridgehead atoms. The van der Waals surface area contributed by atoms with Crippen LogP contribution in [0.5, 0.6) is 0 Å². The van der Waals surface area contributed by atoms with Crippen molar-refractivity contribution in [2.75, 3.05) is 40.1 Å². The lowest BCUT2D eigenvalue weighted by Gasteiger charge is -2.23. The number of carbonyl (C=O) groups excluding carboxylic acids is 4. The zero-order valence-corrected chi connectivity index (χ0v) is 19.3. The number of hydrogen-bond acceptors (Lipinski definition) is 9. The summed E-state index contributed by atoms with van der Waals surface area (Å²) >= 11 is 0. The Balaban J connectivity index is 2.01. The highest BCUT2D eigenvalue weighted by Gasteiger charge is 2.33. The number of rotatable bonds is 11. The zero-order chi connectivity index (χ0) is 24.2. The van der Waals surface area contributed by atoms with Gasteiger partial charge in [0, 0.05) is 44.3 Å². The molecule has 1 aromatic rings. The molecule has 0 radical (unpaired) electrons. The van der Waals surface area contributed by atoms with E-state index in [1.807, 2.05) is 0 Å². The highest BCUT2D eigenvalue weighted by atomic mass is 16.6. The second-order valence-corrected chi connectivity index (χ2v) is 8.04. The predicted molar refractivity (Wildman–Crippen MR) is 116 cm³/mol. The van der Waals surface area contributed by atoms with E-state index in [0.29, 0.717) is 19.6 Å². The van der Waals surface area contributed by atoms with E-state index in [-0.39, 0.29) is 44.3 Å². The molecule has 0 saturated carbocycles. The molecule has 2 rings (SSSR count). The van der Waals surface area contributed by atoms with Crippen molar-refractivity contribution in [3.05, 3.63) is 23.8 Å². The molecular weight excluding hydrogens is 432 g/mol. The lowest BCUT2D eigenvalue weighted by atomic mass is 9.86. The molecule has 0 aliphatic carbocycles. The number of alkyl carbamates (subject to hydrolysis) is 1. The Bertz CT molecular complexity index is 831. The third-order valence-electron chi connectivity index (χ3n) is 5.22. The molecule has 2 heterocycles. The lowest BCUT2D eigenvalue weighted by Crippen LogP contribution is -2.46. The summed E-state index contributed by atoms with van der Waals surface area (Å²) in [7, 11) is 1.56. The molecule has 2 N–H and O–H groups in total. The van der Waals surface area contributed by atoms with Gasteiger partial charge in [-0.05, 0) is 17.9 Å². The molecule has 33 heavy (non-hydrogen) atoms. The SMILES string of the molecule is COCCOCCOC(=O)NC(C(=O)CC1Cc2cncnc2CCNC(=O)C1=O)C(C)C. The third kappa shape index (κ3) is 8.50. The molecule has 182 valence electrons. The maximum Gasteiger partial charge on any atom is 0.407 e. The highest BCUT2D eigenvalue weighted by molar-refractivity contribution is 6.37. The average molecular weight is 465 g/mol. The first-order valence-electron chi connectivity index (χ1n) is 11.0. The number of Topliss-reactive ketones (excluding diaryl/α,β-unsaturated/α-hetero) is 2. The van der Waals surface area contributed by atoms with Gasteiger partial charge in [0.2, 0.25) is 5.78 Å². The van der Waals surface area contributed by atoms with E-state index in [0.717, 1.165) is 11.3 Å². The first kappa shape index (κ1) is 26.3. The Labute approximate surface area is 193 Å². The van der Waals surface area contributed by atoms with Gasteiger partial charge in [0.05, 0.1) is 25.9 Å². The summed E-state index contributed by atoms with van der Waals surface area (Å²) in [5.41, 5.74) is 1.45. The third-order valence-corrected chi connectivity index (χ3v) is 5.22. The van der Waals surface area contributed by atoms with Gasteiger partial charge in [-0.3, -0.25) is 14.4 Å². The molecule has 11 nitrogen and oxygen atoms in total. The minimum absolute atomic E-state index is 0.0205. The molecule has 0 aromatic carbocycles. The lowest BCUT2D eigenvalue weighted by molar-refractivity contribution is -0.141. The van der Waals surface area contributed by atoms with E-state index < -0.39 is 29.7 Å². The molecular formula is C22H32N4O7. The van der Waals surface area contributed by atoms with Crippen molar-refractivity contribution < 1.29 is 33.4 Å². The Hall–Kier alpha value is -2.92. The van der Waals surface area contributed by atoms with Crippen LogP contribution in [-0.2, 0) is 41.4 Å². The van der Waals surface area contributed by atoms with Crippen LogP contribution in [0.2, 0.25) is 0 Å². The fraction of sp³-hybridized carbons (Fsp3) is 0.636. The van der Waals surface area contributed by atoms with Crippen LogP contribution in [0.1, 0.15) is 31.5 Å². The van der Waals surface area contributed by atoms with E-state index in [4.69, 9.17) is 14.2 Å². The van der Waals surface area contributed by atoms with Crippen molar-refractivity contribution in [2.24, 2.45) is 11.8 Å². The zero-order valence-electron chi connectivity index (χ0n) is 19.3. The van der Waals surface area contributed by atoms with Crippen LogP contribution in [0.3, 0.4) is 0 Å². The maximum absolute atomic E-state index is 13.1. The number of methoxy groups -OCH3 is 1. The fourth-order valence-corrected chi connectivity index (χ4v) is 3.46. The van der Waals surface area contributed by atoms with E-state index in [2.05, 4.69) is 20.6 Å². The molecule has 2 atom stereocenters. The summed E-state index contributed by atoms with van der Waals surface area (Å²) < 4.78 is 15.1. The van der Waals surface area contributed by atoms with Gasteiger partial charge < -0.3 is 24.8 Å². The second-order valence-electron chi connectivity index (χ2n) is 8.04. The number of hydrogen-bond donors (Lipinski definition) is 2. The summed E-state index contributed by atoms with van der Waals surface area (Å²) in [5, 5.41) is 5.14. The summed E-state index contributed by atoms with van der Waals surface area (Å²) in [6.45, 7) is 4.86. The van der Waals surface area contributed by atoms with Crippen molar-refractivity contribution in [2.45, 2.75) is 39.2 Å². The van der Waals surface area contributed by atoms with E-state index in [1.54, 1.807) is 27.2 Å². The summed E-state index contributed by atoms with van der Waals surface area (Å²) in [5.74, 6) is -2.89. The quantitative estimate of drug-likeness (QED) is 0.347. The van der Waals surface area contributed by atoms with Crippen molar-refractivity contribution in [1.82, 2.24) is 20.6 Å². The molecule has 1 aliphatic heterocycles. The van der Waals surface area contributed by atoms with E-state index >= 15 is 0 Å². The number of aromatic nitrogens is 2. The topological polar surface area (TPSA) is 146 Å². The molecule has 1 aliphatic rings. The minimum Gasteiger partial charge on any atom is -0.447 e. The Morgan fingerprint density at radius 1 is 1.21 bits per heavy atom. The van der Waals surface area contributed by atoms with Crippen LogP contribution in [0.25, 0.3) is 0 Å². The number of fused-ring (bicyclic) bond motifs is 1. The van der Waals surface area contributed by atoms with E-state index in [1.165, 1.54) is 6.33 Å². The molecule has 0 spiro atoms. The van der Waals surface area contributed by atoms with Crippen molar-refractivity contribution >= 4 is 23.6 Å². The number of ketones is 2. The average Bonchev–Trinajstić information content (AvgIpc) is 2.84. The van der Waals surface area contributed by atoms with Crippen LogP contribution in [0.15, 0.2) is 12.5 Å². The summed E-state index contributed by atoms with van der Waals surface area (Å²) in [4.78, 5) is 58.4. The van der Waals surface area contributed by atoms with Crippen LogP contribution in [0, 0.1) is 11.8 Å². The Morgan fingerprint density at radius 2 is 1.97 bits per heavy atom. The molecule has 11 heteroatoms. The van der Waals surface area contributed by atoms with Crippen molar-refractivity contribution in [1.29, 1.82) is 0 Å². The number of ether oxygens (including phenoxy) is 3. The largest absolute Gasteiger partial charge is 0.447 e. The smallest absolute Gasteiger partial charge is 0.407 e. The maximum atomic E-state index is 13.1. The summed E-state index contributed by atoms with van der Waals surface area (Å²) in [6, 6.07) is -0.873. The monoisotopic (exact) mass is 464 g/mol. The van der Waals surface area contributed by atoms with E-state index in [9.17, 15) is 19.2 Å². The minimum atomic E-state index is -0.881. The van der Waals surface area contributed by atoms with Crippen molar-refractivity contribution in [3.63, 3.8) is 0 Å². The van der Waals surface area contributed by atoms with Crippen molar-refractivity contribution in [3.8, 4) is 0 Å². The second kappa shape index (κ2) is 13.6. The van der Waals surface area contributed by atoms with Gasteiger partial charge in [0.15, 0.2) is 5.78 Å². The van der Waals surface area contributed by atoms with Gasteiger partial charge in [-0.15, -0.1) is 0 Å². The Kier molecular flexibility index (Phi) is 10.8. The fourth-order valence-electron chi connectivity index (χ4n) is 3.46. The first-order valence-corrected chi connectivity index (χ1v) is 11.0. The Morgan fingerprint density at radius 3 is 2.70 bits per heavy atom. The highest BCUT2D eigenvalue weighted by Crippen LogP contribution is 2.20. The van der Waals surface area contributed by atoms with Gasteiger partial charge in [-0.25, -0.2) is 14.8 Å². The molecule has 0 fully saturated rings. The van der Waals surface area contributed by atoms with Gasteiger partial charge >= 0.3 is 6.09 Å². The number of amides is 2. The first-order chi connectivity index (χ1) is 15.8. The molecule has 2 amide bonds. The number of nitrogens with one attached hydrogen (secondary N) is 2. The molecule has 1 aromatic heterocycles. The molecule has 0 saturated heterocycles. The van der Waals surface area contributed by atoms with Gasteiger partial charge in [-0.2, -0.15) is 0 Å². The van der Waals surface area contributed by atoms with Crippen LogP contribution in [0.4, 0.5) is 4.79 Å². The number of carbonyl (C=O) groups is 4. The van der Waals surface area contributed by atoms with Crippen LogP contribution >= 0.6 is 0 Å². The molecule has 2 unspecified atom stereocenters. The van der Waals surface area contributed by atoms with Crippen LogP contribution in [-0.4, -0.2) is 79.7 Å². The van der Waals surface area contributed by atoms with Gasteiger partial charge in [0.25, 0.3) is 5.91 Å². The number of nitrogens with zero attached hydrogens (tertiary/aromatic N) is 2. The summed E-state index contributed by atoms with van der Waals surface area (Å²) in [6.07, 6.45) is 2.69.